The van der Waals surface area contributed by atoms with Crippen LogP contribution in [-0.4, -0.2) is 35.8 Å². The Morgan fingerprint density at radius 3 is 3.11 bits per heavy atom. The van der Waals surface area contributed by atoms with Gasteiger partial charge in [0.2, 0.25) is 5.95 Å². The zero-order chi connectivity index (χ0) is 13.2. The number of hydrogen-bond donors (Lipinski definition) is 2. The summed E-state index contributed by atoms with van der Waals surface area (Å²) in [6.07, 6.45) is 2.36. The number of rotatable bonds is 3. The van der Waals surface area contributed by atoms with Gasteiger partial charge in [0.25, 0.3) is 0 Å². The smallest absolute Gasteiger partial charge is 0.225 e. The van der Waals surface area contributed by atoms with Crippen molar-refractivity contribution in [2.45, 2.75) is 31.9 Å². The summed E-state index contributed by atoms with van der Waals surface area (Å²) in [4.78, 5) is 10.0. The Morgan fingerprint density at radius 1 is 1.42 bits per heavy atom. The number of hydrogen-bond acceptors (Lipinski definition) is 6. The summed E-state index contributed by atoms with van der Waals surface area (Å²) in [5, 5.41) is 9.72. The van der Waals surface area contributed by atoms with Crippen LogP contribution in [0.25, 0.3) is 10.2 Å². The normalized spacial score (nSPS) is 23.5. The van der Waals surface area contributed by atoms with Crippen molar-refractivity contribution in [1.82, 2.24) is 9.97 Å². The second-order valence-electron chi connectivity index (χ2n) is 4.83. The lowest BCUT2D eigenvalue weighted by molar-refractivity contribution is 0.0232. The third-order valence-electron chi connectivity index (χ3n) is 3.37. The van der Waals surface area contributed by atoms with Crippen molar-refractivity contribution in [3.63, 3.8) is 0 Å². The molecule has 19 heavy (non-hydrogen) atoms. The van der Waals surface area contributed by atoms with E-state index in [-0.39, 0.29) is 0 Å². The molecule has 5 nitrogen and oxygen atoms in total. The lowest BCUT2D eigenvalue weighted by atomic mass is 10.0. The minimum atomic E-state index is 0.315. The van der Waals surface area contributed by atoms with Gasteiger partial charge >= 0.3 is 0 Å². The molecular formula is C13H18N4OS. The molecule has 2 N–H and O–H groups in total. The average molecular weight is 278 g/mol. The molecule has 102 valence electrons. The molecule has 0 saturated carbocycles. The van der Waals surface area contributed by atoms with Crippen molar-refractivity contribution < 1.29 is 4.74 Å². The molecule has 0 aliphatic carbocycles. The summed E-state index contributed by atoms with van der Waals surface area (Å²) in [5.74, 6) is 1.59. The molecule has 0 amide bonds. The predicted octanol–water partition coefficient (Wildman–Crippen LogP) is 2.71. The summed E-state index contributed by atoms with van der Waals surface area (Å²) >= 11 is 1.64. The molecule has 1 fully saturated rings. The molecule has 1 saturated heterocycles. The maximum atomic E-state index is 5.58. The lowest BCUT2D eigenvalue weighted by Crippen LogP contribution is -2.32. The first-order valence-electron chi connectivity index (χ1n) is 6.57. The maximum Gasteiger partial charge on any atom is 0.225 e. The van der Waals surface area contributed by atoms with Crippen molar-refractivity contribution in [3.8, 4) is 0 Å². The first kappa shape index (κ1) is 12.6. The molecule has 3 rings (SSSR count). The Hall–Kier alpha value is -1.40. The number of ether oxygens (including phenoxy) is 1. The molecule has 0 radical (unpaired) electrons. The largest absolute Gasteiger partial charge is 0.378 e. The Balaban J connectivity index is 1.88. The van der Waals surface area contributed by atoms with E-state index in [9.17, 15) is 0 Å². The molecule has 0 aromatic carbocycles. The van der Waals surface area contributed by atoms with Crippen LogP contribution in [-0.2, 0) is 4.74 Å². The molecule has 2 aromatic heterocycles. The Bertz CT molecular complexity index is 571. The summed E-state index contributed by atoms with van der Waals surface area (Å²) in [7, 11) is 1.84. The number of fused-ring (bicyclic) bond motifs is 1. The van der Waals surface area contributed by atoms with Gasteiger partial charge in [-0.2, -0.15) is 4.98 Å². The van der Waals surface area contributed by atoms with Gasteiger partial charge < -0.3 is 15.4 Å². The van der Waals surface area contributed by atoms with E-state index >= 15 is 0 Å². The second-order valence-corrected chi connectivity index (χ2v) is 5.73. The number of nitrogens with one attached hydrogen (secondary N) is 2. The van der Waals surface area contributed by atoms with Gasteiger partial charge in [-0.1, -0.05) is 0 Å². The van der Waals surface area contributed by atoms with Crippen LogP contribution in [0.1, 0.15) is 19.8 Å². The Kier molecular flexibility index (Phi) is 3.52. The van der Waals surface area contributed by atoms with Crippen molar-refractivity contribution in [3.05, 3.63) is 11.4 Å². The summed E-state index contributed by atoms with van der Waals surface area (Å²) in [6, 6.07) is 2.50. The monoisotopic (exact) mass is 278 g/mol. The van der Waals surface area contributed by atoms with Gasteiger partial charge in [0, 0.05) is 19.7 Å². The Morgan fingerprint density at radius 2 is 2.32 bits per heavy atom. The summed E-state index contributed by atoms with van der Waals surface area (Å²) < 4.78 is 5.58. The van der Waals surface area contributed by atoms with Gasteiger partial charge in [0.1, 0.15) is 10.6 Å². The molecule has 2 unspecified atom stereocenters. The van der Waals surface area contributed by atoms with E-state index in [1.165, 1.54) is 0 Å². The Labute approximate surface area is 116 Å². The maximum absolute atomic E-state index is 5.58. The van der Waals surface area contributed by atoms with E-state index in [0.717, 1.165) is 35.5 Å². The van der Waals surface area contributed by atoms with Gasteiger partial charge in [-0.3, -0.25) is 0 Å². The van der Waals surface area contributed by atoms with E-state index < -0.39 is 0 Å². The highest BCUT2D eigenvalue weighted by Crippen LogP contribution is 2.28. The molecule has 0 bridgehead atoms. The van der Waals surface area contributed by atoms with Crippen LogP contribution >= 0.6 is 11.3 Å². The molecule has 2 atom stereocenters. The highest BCUT2D eigenvalue weighted by molar-refractivity contribution is 7.16. The van der Waals surface area contributed by atoms with Gasteiger partial charge in [0.05, 0.1) is 11.5 Å². The first-order valence-corrected chi connectivity index (χ1v) is 7.45. The van der Waals surface area contributed by atoms with E-state index in [4.69, 9.17) is 4.74 Å². The van der Waals surface area contributed by atoms with Crippen LogP contribution in [0.2, 0.25) is 0 Å². The molecule has 3 heterocycles. The number of nitrogens with zero attached hydrogens (tertiary/aromatic N) is 2. The first-order chi connectivity index (χ1) is 9.26. The van der Waals surface area contributed by atoms with Crippen molar-refractivity contribution >= 4 is 33.3 Å². The molecule has 1 aliphatic heterocycles. The van der Waals surface area contributed by atoms with Crippen molar-refractivity contribution in [1.29, 1.82) is 0 Å². The third kappa shape index (κ3) is 2.64. The average Bonchev–Trinajstić information content (AvgIpc) is 2.87. The topological polar surface area (TPSA) is 59.1 Å². The fourth-order valence-electron chi connectivity index (χ4n) is 2.40. The number of thiophene rings is 1. The van der Waals surface area contributed by atoms with Crippen LogP contribution in [0, 0.1) is 0 Å². The highest BCUT2D eigenvalue weighted by atomic mass is 32.1. The zero-order valence-electron chi connectivity index (χ0n) is 11.1. The lowest BCUT2D eigenvalue weighted by Gasteiger charge is -2.28. The number of anilines is 2. The summed E-state index contributed by atoms with van der Waals surface area (Å²) in [5.41, 5.74) is 0. The fourth-order valence-corrected chi connectivity index (χ4v) is 3.16. The van der Waals surface area contributed by atoms with E-state index in [1.54, 1.807) is 11.3 Å². The predicted molar refractivity (Wildman–Crippen MR) is 79.0 cm³/mol. The van der Waals surface area contributed by atoms with Gasteiger partial charge in [-0.25, -0.2) is 4.98 Å². The minimum absolute atomic E-state index is 0.315. The van der Waals surface area contributed by atoms with Gasteiger partial charge in [-0.15, -0.1) is 11.3 Å². The van der Waals surface area contributed by atoms with E-state index in [0.29, 0.717) is 18.1 Å². The van der Waals surface area contributed by atoms with Crippen molar-refractivity contribution in [2.75, 3.05) is 24.3 Å². The molecule has 2 aromatic rings. The van der Waals surface area contributed by atoms with E-state index in [1.807, 2.05) is 7.05 Å². The van der Waals surface area contributed by atoms with Crippen molar-refractivity contribution in [2.24, 2.45) is 0 Å². The van der Waals surface area contributed by atoms with Crippen LogP contribution in [0.15, 0.2) is 11.4 Å². The highest BCUT2D eigenvalue weighted by Gasteiger charge is 2.20. The second kappa shape index (κ2) is 5.30. The SMILES string of the molecule is CNc1nc(NC2CCOC(C)C2)c2ccsc2n1. The van der Waals surface area contributed by atoms with Crippen LogP contribution in [0.5, 0.6) is 0 Å². The zero-order valence-corrected chi connectivity index (χ0v) is 12.0. The third-order valence-corrected chi connectivity index (χ3v) is 4.18. The minimum Gasteiger partial charge on any atom is -0.378 e. The number of aromatic nitrogens is 2. The molecular weight excluding hydrogens is 260 g/mol. The molecule has 1 aliphatic rings. The quantitative estimate of drug-likeness (QED) is 0.904. The van der Waals surface area contributed by atoms with E-state index in [2.05, 4.69) is 39.0 Å². The van der Waals surface area contributed by atoms with Crippen LogP contribution in [0.3, 0.4) is 0 Å². The molecule has 6 heteroatoms. The van der Waals surface area contributed by atoms with Gasteiger partial charge in [-0.05, 0) is 31.2 Å². The fraction of sp³-hybridized carbons (Fsp3) is 0.538. The standard InChI is InChI=1S/C13H18N4OS/c1-8-7-9(3-5-18-8)15-11-10-4-6-19-12(10)17-13(14-2)16-11/h4,6,8-9H,3,5,7H2,1-2H3,(H2,14,15,16,17). The molecule has 0 spiro atoms. The van der Waals surface area contributed by atoms with Crippen LogP contribution in [0.4, 0.5) is 11.8 Å². The van der Waals surface area contributed by atoms with Gasteiger partial charge in [0.15, 0.2) is 0 Å². The summed E-state index contributed by atoms with van der Waals surface area (Å²) in [6.45, 7) is 2.93. The van der Waals surface area contributed by atoms with Crippen LogP contribution < -0.4 is 10.6 Å².